The van der Waals surface area contributed by atoms with Crippen molar-refractivity contribution in [1.29, 1.82) is 0 Å². The lowest BCUT2D eigenvalue weighted by Gasteiger charge is -2.16. The highest BCUT2D eigenvalue weighted by Gasteiger charge is 2.43. The van der Waals surface area contributed by atoms with Gasteiger partial charge >= 0.3 is 0 Å². The molecule has 7 nitrogen and oxygen atoms in total. The van der Waals surface area contributed by atoms with Gasteiger partial charge in [0.25, 0.3) is 0 Å². The minimum Gasteiger partial charge on any atom is -0.387 e. The predicted octanol–water partition coefficient (Wildman–Crippen LogP) is -0.129. The Balaban J connectivity index is 2.04. The number of fused-ring (bicyclic) bond motifs is 1. The first-order chi connectivity index (χ1) is 9.13. The minimum absolute atomic E-state index is 0.102. The first-order valence-electron chi connectivity index (χ1n) is 5.78. The van der Waals surface area contributed by atoms with E-state index in [0.717, 1.165) is 0 Å². The third kappa shape index (κ3) is 1.86. The summed E-state index contributed by atoms with van der Waals surface area (Å²) in [5.41, 5.74) is 6.93. The van der Waals surface area contributed by atoms with Gasteiger partial charge in [-0.15, -0.1) is 11.6 Å². The van der Waals surface area contributed by atoms with E-state index in [2.05, 4.69) is 9.97 Å². The first-order valence-corrected chi connectivity index (χ1v) is 6.31. The van der Waals surface area contributed by atoms with E-state index >= 15 is 0 Å². The van der Waals surface area contributed by atoms with Gasteiger partial charge in [0.05, 0.1) is 17.7 Å². The molecule has 0 saturated carbocycles. The van der Waals surface area contributed by atoms with Crippen LogP contribution in [0.15, 0.2) is 18.6 Å². The lowest BCUT2D eigenvalue weighted by Crippen LogP contribution is -2.32. The number of imidazole rings is 1. The second kappa shape index (κ2) is 4.61. The Hall–Kier alpha value is -1.41. The molecule has 2 aromatic rings. The summed E-state index contributed by atoms with van der Waals surface area (Å²) in [5, 5.41) is 19.9. The zero-order valence-electron chi connectivity index (χ0n) is 9.85. The lowest BCUT2D eigenvalue weighted by atomic mass is 10.1. The number of nitrogens with zero attached hydrogens (tertiary/aromatic N) is 3. The number of rotatable bonds is 2. The fourth-order valence-corrected chi connectivity index (χ4v) is 2.53. The van der Waals surface area contributed by atoms with Crippen molar-refractivity contribution in [3.05, 3.63) is 18.6 Å². The van der Waals surface area contributed by atoms with Crippen LogP contribution in [0, 0.1) is 0 Å². The van der Waals surface area contributed by atoms with Gasteiger partial charge in [-0.05, 0) is 6.07 Å². The van der Waals surface area contributed by atoms with Crippen LogP contribution >= 0.6 is 11.6 Å². The maximum Gasteiger partial charge on any atom is 0.164 e. The van der Waals surface area contributed by atoms with E-state index in [1.165, 1.54) is 6.33 Å². The topological polar surface area (TPSA) is 106 Å². The fourth-order valence-electron chi connectivity index (χ4n) is 2.27. The van der Waals surface area contributed by atoms with Gasteiger partial charge in [0.2, 0.25) is 0 Å². The van der Waals surface area contributed by atoms with E-state index in [1.54, 1.807) is 16.8 Å². The Bertz CT molecular complexity index is 605. The van der Waals surface area contributed by atoms with Crippen molar-refractivity contribution in [2.24, 2.45) is 0 Å². The van der Waals surface area contributed by atoms with Gasteiger partial charge < -0.3 is 25.3 Å². The number of hydrogen-bond donors (Lipinski definition) is 3. The summed E-state index contributed by atoms with van der Waals surface area (Å²) in [6.45, 7) is 0. The van der Waals surface area contributed by atoms with Crippen LogP contribution in [0.5, 0.6) is 0 Å². The monoisotopic (exact) mass is 284 g/mol. The number of alkyl halides is 1. The summed E-state index contributed by atoms with van der Waals surface area (Å²) < 4.78 is 7.18. The van der Waals surface area contributed by atoms with Crippen molar-refractivity contribution in [3.63, 3.8) is 0 Å². The highest BCUT2D eigenvalue weighted by atomic mass is 35.5. The molecule has 0 aromatic carbocycles. The molecule has 0 bridgehead atoms. The highest BCUT2D eigenvalue weighted by Crippen LogP contribution is 2.32. The predicted molar refractivity (Wildman–Crippen MR) is 68.6 cm³/mol. The molecule has 0 spiro atoms. The molecule has 8 heteroatoms. The van der Waals surface area contributed by atoms with Crippen LogP contribution < -0.4 is 5.73 Å². The lowest BCUT2D eigenvalue weighted by molar-refractivity contribution is -0.0288. The van der Waals surface area contributed by atoms with Gasteiger partial charge in [-0.3, -0.25) is 0 Å². The first kappa shape index (κ1) is 12.6. The summed E-state index contributed by atoms with van der Waals surface area (Å²) in [6, 6.07) is 1.72. The second-order valence-corrected chi connectivity index (χ2v) is 4.72. The summed E-state index contributed by atoms with van der Waals surface area (Å²) in [5.74, 6) is 0.406. The van der Waals surface area contributed by atoms with Crippen molar-refractivity contribution in [2.45, 2.75) is 24.5 Å². The number of aliphatic hydroxyl groups is 2. The third-order valence-electron chi connectivity index (χ3n) is 3.28. The molecule has 3 rings (SSSR count). The molecule has 0 amide bonds. The van der Waals surface area contributed by atoms with Gasteiger partial charge in [-0.25, -0.2) is 9.97 Å². The van der Waals surface area contributed by atoms with Crippen molar-refractivity contribution in [1.82, 2.24) is 14.5 Å². The van der Waals surface area contributed by atoms with Crippen molar-refractivity contribution < 1.29 is 14.9 Å². The van der Waals surface area contributed by atoms with Gasteiger partial charge in [-0.1, -0.05) is 0 Å². The molecule has 1 aliphatic heterocycles. The number of nitrogen functional groups attached to an aromatic ring is 1. The van der Waals surface area contributed by atoms with Crippen molar-refractivity contribution in [2.75, 3.05) is 11.6 Å². The van der Waals surface area contributed by atoms with Gasteiger partial charge in [0, 0.05) is 6.20 Å². The summed E-state index contributed by atoms with van der Waals surface area (Å²) in [4.78, 5) is 8.08. The molecule has 0 aliphatic carbocycles. The molecule has 19 heavy (non-hydrogen) atoms. The molecule has 102 valence electrons. The van der Waals surface area contributed by atoms with E-state index in [9.17, 15) is 10.2 Å². The number of ether oxygens (including phenoxy) is 1. The maximum absolute atomic E-state index is 10.0. The molecule has 0 radical (unpaired) electrons. The van der Waals surface area contributed by atoms with Crippen LogP contribution in [0.2, 0.25) is 0 Å². The fraction of sp³-hybridized carbons (Fsp3) is 0.455. The van der Waals surface area contributed by atoms with E-state index in [4.69, 9.17) is 22.1 Å². The average molecular weight is 285 g/mol. The number of anilines is 1. The molecular formula is C11H13ClN4O3. The third-order valence-corrected chi connectivity index (χ3v) is 3.59. The van der Waals surface area contributed by atoms with E-state index in [1.807, 2.05) is 0 Å². The van der Waals surface area contributed by atoms with Crippen LogP contribution in [0.1, 0.15) is 6.23 Å². The Labute approximate surface area is 113 Å². The summed E-state index contributed by atoms with van der Waals surface area (Å²) in [6.07, 6.45) is -0.412. The van der Waals surface area contributed by atoms with Gasteiger partial charge in [-0.2, -0.15) is 0 Å². The molecule has 4 N–H and O–H groups in total. The standard InChI is InChI=1S/C11H13ClN4O3/c12-3-6-8(17)9(18)11(19-6)16-4-15-7-5(16)1-2-14-10(7)13/h1-2,4,6,8-9,11,17-18H,3H2,(H2,13,14)/t6-,8-,9-,11-/m1/s1. The zero-order chi connectivity index (χ0) is 13.6. The molecule has 1 saturated heterocycles. The SMILES string of the molecule is Nc1nccc2c1ncn2[C@@H]1O[C@H](CCl)[C@@H](O)[C@H]1O. The van der Waals surface area contributed by atoms with Crippen LogP contribution in [0.3, 0.4) is 0 Å². The van der Waals surface area contributed by atoms with Gasteiger partial charge in [0.1, 0.15) is 23.8 Å². The Kier molecular flexibility index (Phi) is 3.06. The minimum atomic E-state index is -1.07. The molecule has 3 heterocycles. The molecular weight excluding hydrogens is 272 g/mol. The smallest absolute Gasteiger partial charge is 0.164 e. The number of hydrogen-bond acceptors (Lipinski definition) is 6. The Morgan fingerprint density at radius 1 is 1.37 bits per heavy atom. The zero-order valence-corrected chi connectivity index (χ0v) is 10.6. The highest BCUT2D eigenvalue weighted by molar-refractivity contribution is 6.18. The van der Waals surface area contributed by atoms with Crippen LogP contribution in [0.4, 0.5) is 5.82 Å². The van der Waals surface area contributed by atoms with Gasteiger partial charge in [0.15, 0.2) is 12.0 Å². The van der Waals surface area contributed by atoms with Crippen molar-refractivity contribution >= 4 is 28.5 Å². The van der Waals surface area contributed by atoms with Crippen LogP contribution in [-0.2, 0) is 4.74 Å². The number of aromatic nitrogens is 3. The molecule has 4 atom stereocenters. The maximum atomic E-state index is 10.0. The molecule has 0 unspecified atom stereocenters. The number of aliphatic hydroxyl groups excluding tert-OH is 2. The quantitative estimate of drug-likeness (QED) is 0.663. The van der Waals surface area contributed by atoms with E-state index in [0.29, 0.717) is 16.9 Å². The average Bonchev–Trinajstić information content (AvgIpc) is 2.94. The molecule has 1 fully saturated rings. The number of nitrogens with two attached hydrogens (primary N) is 1. The number of pyridine rings is 1. The second-order valence-electron chi connectivity index (χ2n) is 4.42. The van der Waals surface area contributed by atoms with Crippen LogP contribution in [0.25, 0.3) is 11.0 Å². The normalized spacial score (nSPS) is 31.1. The number of halogens is 1. The van der Waals surface area contributed by atoms with Crippen molar-refractivity contribution in [3.8, 4) is 0 Å². The molecule has 2 aromatic heterocycles. The molecule has 1 aliphatic rings. The van der Waals surface area contributed by atoms with E-state index in [-0.39, 0.29) is 5.88 Å². The Morgan fingerprint density at radius 2 is 2.16 bits per heavy atom. The van der Waals surface area contributed by atoms with E-state index < -0.39 is 24.5 Å². The summed E-state index contributed by atoms with van der Waals surface area (Å²) >= 11 is 5.69. The van der Waals surface area contributed by atoms with Crippen LogP contribution in [-0.4, -0.2) is 48.9 Å². The largest absolute Gasteiger partial charge is 0.387 e. The Morgan fingerprint density at radius 3 is 2.84 bits per heavy atom. The summed E-state index contributed by atoms with van der Waals surface area (Å²) in [7, 11) is 0.